The van der Waals surface area contributed by atoms with E-state index in [1.54, 1.807) is 36.3 Å². The molecule has 29 heavy (non-hydrogen) atoms. The summed E-state index contributed by atoms with van der Waals surface area (Å²) >= 11 is 0. The molecule has 1 aliphatic carbocycles. The van der Waals surface area contributed by atoms with Crippen molar-refractivity contribution in [2.45, 2.75) is 38.1 Å². The van der Waals surface area contributed by atoms with E-state index in [4.69, 9.17) is 14.0 Å². The monoisotopic (exact) mass is 402 g/mol. The Labute approximate surface area is 169 Å². The molecule has 1 aromatic heterocycles. The number of nitrogens with zero attached hydrogens (tertiary/aromatic N) is 2. The molecule has 0 spiro atoms. The van der Waals surface area contributed by atoms with E-state index in [-0.39, 0.29) is 24.5 Å². The Bertz CT molecular complexity index is 818. The first kappa shape index (κ1) is 20.5. The van der Waals surface area contributed by atoms with Crippen LogP contribution >= 0.6 is 0 Å². The predicted octanol–water partition coefficient (Wildman–Crippen LogP) is 3.50. The van der Waals surface area contributed by atoms with Gasteiger partial charge in [0.2, 0.25) is 5.91 Å². The Balaban J connectivity index is 1.74. The highest BCUT2D eigenvalue weighted by Crippen LogP contribution is 2.30. The van der Waals surface area contributed by atoms with Crippen molar-refractivity contribution in [3.05, 3.63) is 30.5 Å². The fraction of sp³-hybridized carbons (Fsp3) is 0.450. The van der Waals surface area contributed by atoms with Crippen LogP contribution in [-0.2, 0) is 4.79 Å². The summed E-state index contributed by atoms with van der Waals surface area (Å²) in [7, 11) is 3.08. The van der Waals surface area contributed by atoms with Gasteiger partial charge in [0.1, 0.15) is 24.3 Å². The summed E-state index contributed by atoms with van der Waals surface area (Å²) in [6.45, 7) is -0.0815. The third kappa shape index (κ3) is 5.40. The van der Waals surface area contributed by atoms with Gasteiger partial charge >= 0.3 is 6.03 Å². The number of carbonyl (C=O) groups excluding carboxylic acids is 2. The molecule has 0 saturated heterocycles. The maximum atomic E-state index is 13.1. The van der Waals surface area contributed by atoms with Crippen LogP contribution in [0.2, 0.25) is 0 Å². The van der Waals surface area contributed by atoms with E-state index >= 15 is 0 Å². The minimum atomic E-state index is -0.351. The number of benzene rings is 1. The number of ether oxygens (including phenoxy) is 2. The molecule has 2 N–H and O–H groups in total. The molecule has 1 fully saturated rings. The topological polar surface area (TPSA) is 106 Å². The molecule has 0 bridgehead atoms. The van der Waals surface area contributed by atoms with E-state index in [0.717, 1.165) is 32.1 Å². The van der Waals surface area contributed by atoms with Gasteiger partial charge in [-0.2, -0.15) is 0 Å². The Morgan fingerprint density at radius 1 is 1.14 bits per heavy atom. The molecule has 1 aromatic carbocycles. The molecule has 0 atom stereocenters. The lowest BCUT2D eigenvalue weighted by atomic mass is 9.94. The molecule has 2 aromatic rings. The zero-order chi connectivity index (χ0) is 20.6. The van der Waals surface area contributed by atoms with Crippen molar-refractivity contribution >= 4 is 23.4 Å². The number of hydrogen-bond acceptors (Lipinski definition) is 6. The van der Waals surface area contributed by atoms with Crippen molar-refractivity contribution in [2.75, 3.05) is 31.4 Å². The lowest BCUT2D eigenvalue weighted by molar-refractivity contribution is -0.117. The van der Waals surface area contributed by atoms with E-state index in [1.165, 1.54) is 13.4 Å². The Hall–Kier alpha value is -3.23. The van der Waals surface area contributed by atoms with Crippen LogP contribution < -0.4 is 20.1 Å². The molecule has 1 saturated carbocycles. The smallest absolute Gasteiger partial charge is 0.322 e. The first-order valence-corrected chi connectivity index (χ1v) is 9.60. The lowest BCUT2D eigenvalue weighted by Gasteiger charge is -2.34. The van der Waals surface area contributed by atoms with Gasteiger partial charge in [-0.25, -0.2) is 4.79 Å². The van der Waals surface area contributed by atoms with Gasteiger partial charge in [-0.3, -0.25) is 4.79 Å². The summed E-state index contributed by atoms with van der Waals surface area (Å²) in [6.07, 6.45) is 6.31. The molecule has 156 valence electrons. The second-order valence-electron chi connectivity index (χ2n) is 6.85. The second-order valence-corrected chi connectivity index (χ2v) is 6.85. The van der Waals surface area contributed by atoms with E-state index in [9.17, 15) is 9.59 Å². The summed E-state index contributed by atoms with van der Waals surface area (Å²) in [5, 5.41) is 9.18. The van der Waals surface area contributed by atoms with Gasteiger partial charge in [0, 0.05) is 18.2 Å². The van der Waals surface area contributed by atoms with Gasteiger partial charge in [-0.05, 0) is 25.0 Å². The van der Waals surface area contributed by atoms with Crippen LogP contribution in [0.3, 0.4) is 0 Å². The van der Waals surface area contributed by atoms with Crippen molar-refractivity contribution in [3.63, 3.8) is 0 Å². The van der Waals surface area contributed by atoms with Crippen molar-refractivity contribution in [1.82, 2.24) is 10.1 Å². The Morgan fingerprint density at radius 2 is 1.93 bits per heavy atom. The molecular formula is C20H26N4O5. The fourth-order valence-electron chi connectivity index (χ4n) is 3.46. The van der Waals surface area contributed by atoms with Crippen LogP contribution in [0.4, 0.5) is 16.3 Å². The minimum absolute atomic E-state index is 0.00366. The minimum Gasteiger partial charge on any atom is -0.497 e. The van der Waals surface area contributed by atoms with Crippen LogP contribution in [0, 0.1) is 0 Å². The zero-order valence-corrected chi connectivity index (χ0v) is 16.6. The standard InChI is InChI=1S/C20H26N4O5/c1-27-15-8-9-16(17(12-15)28-2)21-20(26)24(14-6-4-3-5-7-14)13-19(25)22-18-10-11-29-23-18/h8-12,14H,3-7,13H2,1-2H3,(H,21,26)(H,22,23,25). The summed E-state index contributed by atoms with van der Waals surface area (Å²) in [4.78, 5) is 27.1. The Morgan fingerprint density at radius 3 is 2.59 bits per heavy atom. The third-order valence-corrected chi connectivity index (χ3v) is 4.95. The van der Waals surface area contributed by atoms with Gasteiger partial charge in [-0.15, -0.1) is 0 Å². The average Bonchev–Trinajstić information content (AvgIpc) is 3.25. The third-order valence-electron chi connectivity index (χ3n) is 4.95. The highest BCUT2D eigenvalue weighted by atomic mass is 16.5. The number of methoxy groups -OCH3 is 2. The van der Waals surface area contributed by atoms with Crippen LogP contribution in [0.5, 0.6) is 11.5 Å². The quantitative estimate of drug-likeness (QED) is 0.734. The molecule has 0 aliphatic heterocycles. The van der Waals surface area contributed by atoms with Gasteiger partial charge in [0.05, 0.1) is 19.9 Å². The molecule has 9 heteroatoms. The normalized spacial score (nSPS) is 14.1. The van der Waals surface area contributed by atoms with Crippen molar-refractivity contribution in [1.29, 1.82) is 0 Å². The van der Waals surface area contributed by atoms with E-state index < -0.39 is 0 Å². The first-order chi connectivity index (χ1) is 14.1. The SMILES string of the molecule is COc1ccc(NC(=O)N(CC(=O)Nc2ccon2)C2CCCCC2)c(OC)c1. The van der Waals surface area contributed by atoms with E-state index in [1.807, 2.05) is 0 Å². The summed E-state index contributed by atoms with van der Waals surface area (Å²) in [5.74, 6) is 1.08. The zero-order valence-electron chi connectivity index (χ0n) is 16.6. The van der Waals surface area contributed by atoms with Crippen LogP contribution in [0.15, 0.2) is 35.1 Å². The number of rotatable bonds is 7. The molecule has 3 amide bonds. The number of hydrogen-bond donors (Lipinski definition) is 2. The lowest BCUT2D eigenvalue weighted by Crippen LogP contribution is -2.47. The van der Waals surface area contributed by atoms with Crippen LogP contribution in [-0.4, -0.2) is 48.8 Å². The molecule has 9 nitrogen and oxygen atoms in total. The number of urea groups is 1. The van der Waals surface area contributed by atoms with Crippen LogP contribution in [0.1, 0.15) is 32.1 Å². The molecule has 1 heterocycles. The number of amides is 3. The average molecular weight is 402 g/mol. The predicted molar refractivity (Wildman–Crippen MR) is 107 cm³/mol. The van der Waals surface area contributed by atoms with E-state index in [0.29, 0.717) is 23.0 Å². The highest BCUT2D eigenvalue weighted by molar-refractivity contribution is 5.97. The van der Waals surface area contributed by atoms with Crippen molar-refractivity contribution in [2.24, 2.45) is 0 Å². The summed E-state index contributed by atoms with van der Waals surface area (Å²) < 4.78 is 15.3. The maximum Gasteiger partial charge on any atom is 0.322 e. The highest BCUT2D eigenvalue weighted by Gasteiger charge is 2.28. The Kier molecular flexibility index (Phi) is 6.94. The molecule has 0 radical (unpaired) electrons. The summed E-state index contributed by atoms with van der Waals surface area (Å²) in [5.41, 5.74) is 0.510. The molecule has 3 rings (SSSR count). The van der Waals surface area contributed by atoms with Crippen molar-refractivity contribution in [3.8, 4) is 11.5 Å². The molecular weight excluding hydrogens is 376 g/mol. The summed E-state index contributed by atoms with van der Waals surface area (Å²) in [6, 6.07) is 6.33. The van der Waals surface area contributed by atoms with Gasteiger partial charge in [-0.1, -0.05) is 24.4 Å². The number of anilines is 2. The van der Waals surface area contributed by atoms with Crippen molar-refractivity contribution < 1.29 is 23.6 Å². The van der Waals surface area contributed by atoms with Crippen LogP contribution in [0.25, 0.3) is 0 Å². The number of carbonyl (C=O) groups is 2. The number of aromatic nitrogens is 1. The number of nitrogens with one attached hydrogen (secondary N) is 2. The first-order valence-electron chi connectivity index (χ1n) is 9.60. The second kappa shape index (κ2) is 9.81. The van der Waals surface area contributed by atoms with Gasteiger partial charge in [0.25, 0.3) is 0 Å². The van der Waals surface area contributed by atoms with Gasteiger partial charge < -0.3 is 29.5 Å². The maximum absolute atomic E-state index is 13.1. The van der Waals surface area contributed by atoms with E-state index in [2.05, 4.69) is 15.8 Å². The fourth-order valence-corrected chi connectivity index (χ4v) is 3.46. The largest absolute Gasteiger partial charge is 0.497 e. The molecule has 1 aliphatic rings. The molecule has 0 unspecified atom stereocenters. The van der Waals surface area contributed by atoms with Gasteiger partial charge in [0.15, 0.2) is 5.82 Å².